The molecule has 6 nitrogen and oxygen atoms in total. The summed E-state index contributed by atoms with van der Waals surface area (Å²) in [7, 11) is 0. The zero-order chi connectivity index (χ0) is 12.1. The number of amides is 1. The fraction of sp³-hybridized carbons (Fsp3) is 0.545. The Kier molecular flexibility index (Phi) is 3.87. The van der Waals surface area contributed by atoms with Gasteiger partial charge in [0.05, 0.1) is 6.61 Å². The monoisotopic (exact) mass is 236 g/mol. The smallest absolute Gasteiger partial charge is 0.269 e. The van der Waals surface area contributed by atoms with Crippen molar-refractivity contribution in [3.8, 4) is 5.88 Å². The van der Waals surface area contributed by atoms with Crippen LogP contribution < -0.4 is 15.8 Å². The van der Waals surface area contributed by atoms with Crippen LogP contribution in [0.4, 0.5) is 0 Å². The van der Waals surface area contributed by atoms with Gasteiger partial charge in [0.2, 0.25) is 5.88 Å². The van der Waals surface area contributed by atoms with Gasteiger partial charge in [-0.05, 0) is 25.5 Å². The van der Waals surface area contributed by atoms with Crippen LogP contribution in [0.25, 0.3) is 0 Å². The Hall–Kier alpha value is -1.69. The summed E-state index contributed by atoms with van der Waals surface area (Å²) in [6.07, 6.45) is 2.35. The van der Waals surface area contributed by atoms with Crippen molar-refractivity contribution in [2.45, 2.75) is 12.8 Å². The van der Waals surface area contributed by atoms with Gasteiger partial charge in [0.1, 0.15) is 0 Å². The second-order valence-corrected chi connectivity index (χ2v) is 4.14. The maximum atomic E-state index is 10.8. The van der Waals surface area contributed by atoms with Gasteiger partial charge in [0.25, 0.3) is 5.91 Å². The van der Waals surface area contributed by atoms with Crippen LogP contribution in [-0.4, -0.2) is 35.8 Å². The minimum Gasteiger partial charge on any atom is -0.476 e. The van der Waals surface area contributed by atoms with Crippen molar-refractivity contribution in [3.05, 3.63) is 17.8 Å². The number of nitrogens with zero attached hydrogens (tertiary/aromatic N) is 2. The van der Waals surface area contributed by atoms with E-state index < -0.39 is 5.91 Å². The van der Waals surface area contributed by atoms with Crippen LogP contribution in [0.2, 0.25) is 0 Å². The summed E-state index contributed by atoms with van der Waals surface area (Å²) in [5.41, 5.74) is 5.21. The number of nitrogens with two attached hydrogens (primary N) is 1. The topological polar surface area (TPSA) is 90.1 Å². The van der Waals surface area contributed by atoms with E-state index in [1.165, 1.54) is 18.9 Å². The van der Waals surface area contributed by atoms with Crippen molar-refractivity contribution in [3.63, 3.8) is 0 Å². The van der Waals surface area contributed by atoms with Gasteiger partial charge in [-0.15, -0.1) is 10.2 Å². The maximum Gasteiger partial charge on any atom is 0.269 e. The van der Waals surface area contributed by atoms with Gasteiger partial charge in [-0.25, -0.2) is 0 Å². The molecule has 1 saturated heterocycles. The molecular weight excluding hydrogens is 220 g/mol. The van der Waals surface area contributed by atoms with E-state index >= 15 is 0 Å². The highest BCUT2D eigenvalue weighted by Crippen LogP contribution is 2.12. The van der Waals surface area contributed by atoms with E-state index in [2.05, 4.69) is 15.5 Å². The number of carbonyl (C=O) groups is 1. The standard InChI is InChI=1S/C11H16N4O2/c12-11(16)9-3-4-10(15-14-9)17-7-8-2-1-5-13-6-8/h3-4,8,13H,1-2,5-7H2,(H2,12,16). The SMILES string of the molecule is NC(=O)c1ccc(OCC2CCCNC2)nn1. The molecule has 1 unspecified atom stereocenters. The van der Waals surface area contributed by atoms with Crippen LogP contribution in [0, 0.1) is 5.92 Å². The number of primary amides is 1. The largest absolute Gasteiger partial charge is 0.476 e. The Morgan fingerprint density at radius 1 is 1.53 bits per heavy atom. The number of aromatic nitrogens is 2. The summed E-state index contributed by atoms with van der Waals surface area (Å²) in [4.78, 5) is 10.8. The zero-order valence-corrected chi connectivity index (χ0v) is 9.56. The number of piperidine rings is 1. The second kappa shape index (κ2) is 5.58. The first-order valence-electron chi connectivity index (χ1n) is 5.73. The van der Waals surface area contributed by atoms with Gasteiger partial charge in [-0.1, -0.05) is 0 Å². The van der Waals surface area contributed by atoms with Crippen LogP contribution in [-0.2, 0) is 0 Å². The van der Waals surface area contributed by atoms with Crippen LogP contribution in [0.5, 0.6) is 5.88 Å². The summed E-state index contributed by atoms with van der Waals surface area (Å²) in [6, 6.07) is 3.13. The Morgan fingerprint density at radius 2 is 2.41 bits per heavy atom. The lowest BCUT2D eigenvalue weighted by molar-refractivity contribution is 0.0994. The molecule has 6 heteroatoms. The lowest BCUT2D eigenvalue weighted by Gasteiger charge is -2.22. The Bertz CT molecular complexity index is 374. The zero-order valence-electron chi connectivity index (χ0n) is 9.56. The molecule has 0 bridgehead atoms. The normalized spacial score (nSPS) is 19.9. The fourth-order valence-electron chi connectivity index (χ4n) is 1.80. The molecule has 0 radical (unpaired) electrons. The predicted molar refractivity (Wildman–Crippen MR) is 61.6 cm³/mol. The molecule has 1 aromatic rings. The minimum atomic E-state index is -0.583. The lowest BCUT2D eigenvalue weighted by atomic mass is 10.0. The molecule has 1 atom stereocenters. The molecule has 0 aliphatic carbocycles. The molecule has 17 heavy (non-hydrogen) atoms. The third-order valence-electron chi connectivity index (χ3n) is 2.76. The first-order chi connectivity index (χ1) is 8.25. The first kappa shape index (κ1) is 11.8. The molecule has 92 valence electrons. The van der Waals surface area contributed by atoms with Gasteiger partial charge in [-0.3, -0.25) is 4.79 Å². The van der Waals surface area contributed by atoms with E-state index in [4.69, 9.17) is 10.5 Å². The predicted octanol–water partition coefficient (Wildman–Crippen LogP) is -0.0461. The molecule has 1 aliphatic heterocycles. The molecule has 1 amide bonds. The number of hydrogen-bond acceptors (Lipinski definition) is 5. The number of carbonyl (C=O) groups excluding carboxylic acids is 1. The molecule has 0 spiro atoms. The van der Waals surface area contributed by atoms with Crippen LogP contribution in [0.1, 0.15) is 23.3 Å². The average molecular weight is 236 g/mol. The van der Waals surface area contributed by atoms with E-state index in [0.29, 0.717) is 18.4 Å². The van der Waals surface area contributed by atoms with Crippen molar-refractivity contribution >= 4 is 5.91 Å². The molecule has 2 rings (SSSR count). The molecular formula is C11H16N4O2. The molecule has 1 aliphatic rings. The third-order valence-corrected chi connectivity index (χ3v) is 2.76. The molecule has 3 N–H and O–H groups in total. The highest BCUT2D eigenvalue weighted by Gasteiger charge is 2.14. The van der Waals surface area contributed by atoms with Crippen molar-refractivity contribution in [1.29, 1.82) is 0 Å². The summed E-state index contributed by atoms with van der Waals surface area (Å²) in [5, 5.41) is 10.8. The van der Waals surface area contributed by atoms with Crippen molar-refractivity contribution in [2.24, 2.45) is 11.7 Å². The van der Waals surface area contributed by atoms with Crippen molar-refractivity contribution < 1.29 is 9.53 Å². The first-order valence-corrected chi connectivity index (χ1v) is 5.73. The molecule has 1 aromatic heterocycles. The highest BCUT2D eigenvalue weighted by molar-refractivity contribution is 5.90. The summed E-state index contributed by atoms with van der Waals surface area (Å²) >= 11 is 0. The van der Waals surface area contributed by atoms with Crippen LogP contribution >= 0.6 is 0 Å². The van der Waals surface area contributed by atoms with Gasteiger partial charge in [0.15, 0.2) is 5.69 Å². The van der Waals surface area contributed by atoms with Crippen LogP contribution in [0.3, 0.4) is 0 Å². The van der Waals surface area contributed by atoms with E-state index in [9.17, 15) is 4.79 Å². The molecule has 1 fully saturated rings. The van der Waals surface area contributed by atoms with Gasteiger partial charge in [-0.2, -0.15) is 0 Å². The van der Waals surface area contributed by atoms with Crippen molar-refractivity contribution in [1.82, 2.24) is 15.5 Å². The second-order valence-electron chi connectivity index (χ2n) is 4.14. The summed E-state index contributed by atoms with van der Waals surface area (Å²) < 4.78 is 5.51. The molecule has 0 saturated carbocycles. The van der Waals surface area contributed by atoms with Gasteiger partial charge >= 0.3 is 0 Å². The maximum absolute atomic E-state index is 10.8. The Balaban J connectivity index is 1.84. The lowest BCUT2D eigenvalue weighted by Crippen LogP contribution is -2.33. The number of ether oxygens (including phenoxy) is 1. The van der Waals surface area contributed by atoms with E-state index in [0.717, 1.165) is 13.1 Å². The van der Waals surface area contributed by atoms with Crippen molar-refractivity contribution in [2.75, 3.05) is 19.7 Å². The number of rotatable bonds is 4. The van der Waals surface area contributed by atoms with E-state index in [-0.39, 0.29) is 5.69 Å². The van der Waals surface area contributed by atoms with E-state index in [1.54, 1.807) is 6.07 Å². The Morgan fingerprint density at radius 3 is 3.00 bits per heavy atom. The average Bonchev–Trinajstić information content (AvgIpc) is 2.38. The fourth-order valence-corrected chi connectivity index (χ4v) is 1.80. The third kappa shape index (κ3) is 3.39. The van der Waals surface area contributed by atoms with Gasteiger partial charge < -0.3 is 15.8 Å². The number of nitrogens with one attached hydrogen (secondary N) is 1. The molecule has 2 heterocycles. The minimum absolute atomic E-state index is 0.150. The quantitative estimate of drug-likeness (QED) is 0.765. The summed E-state index contributed by atoms with van der Waals surface area (Å²) in [5.74, 6) is 0.363. The van der Waals surface area contributed by atoms with E-state index in [1.807, 2.05) is 0 Å². The number of hydrogen-bond donors (Lipinski definition) is 2. The highest BCUT2D eigenvalue weighted by atomic mass is 16.5. The Labute approximate surface area is 99.6 Å². The van der Waals surface area contributed by atoms with Crippen LogP contribution in [0.15, 0.2) is 12.1 Å². The van der Waals surface area contributed by atoms with Gasteiger partial charge in [0, 0.05) is 18.5 Å². The summed E-state index contributed by atoms with van der Waals surface area (Å²) in [6.45, 7) is 2.69. The molecule has 0 aromatic carbocycles.